The van der Waals surface area contributed by atoms with E-state index in [9.17, 15) is 4.79 Å². The van der Waals surface area contributed by atoms with E-state index < -0.39 is 0 Å². The molecule has 2 aliphatic rings. The summed E-state index contributed by atoms with van der Waals surface area (Å²) >= 11 is 0. The number of hydrogen-bond acceptors (Lipinski definition) is 5. The van der Waals surface area contributed by atoms with Gasteiger partial charge in [-0.25, -0.2) is 9.97 Å². The van der Waals surface area contributed by atoms with E-state index in [0.717, 1.165) is 68.3 Å². The molecule has 0 atom stereocenters. The van der Waals surface area contributed by atoms with E-state index in [0.29, 0.717) is 19.1 Å². The summed E-state index contributed by atoms with van der Waals surface area (Å²) in [4.78, 5) is 26.5. The van der Waals surface area contributed by atoms with Gasteiger partial charge in [0.15, 0.2) is 0 Å². The minimum Gasteiger partial charge on any atom is -0.378 e. The lowest BCUT2D eigenvalue weighted by Gasteiger charge is -2.26. The van der Waals surface area contributed by atoms with Gasteiger partial charge in [-0.3, -0.25) is 4.79 Å². The van der Waals surface area contributed by atoms with Gasteiger partial charge in [0.2, 0.25) is 5.95 Å². The Morgan fingerprint density at radius 2 is 1.90 bits per heavy atom. The van der Waals surface area contributed by atoms with Crippen LogP contribution >= 0.6 is 0 Å². The number of anilines is 1. The predicted molar refractivity (Wildman–Crippen MR) is 118 cm³/mol. The minimum atomic E-state index is 0.128. The molecule has 162 valence electrons. The van der Waals surface area contributed by atoms with Gasteiger partial charge in [-0.05, 0) is 38.2 Å². The van der Waals surface area contributed by atoms with Crippen molar-refractivity contribution >= 4 is 11.9 Å². The number of carbonyl (C=O) groups excluding carboxylic acids is 1. The van der Waals surface area contributed by atoms with Crippen molar-refractivity contribution in [2.45, 2.75) is 46.1 Å². The molecule has 1 saturated heterocycles. The van der Waals surface area contributed by atoms with Crippen molar-refractivity contribution in [3.8, 4) is 11.1 Å². The molecule has 2 aromatic rings. The quantitative estimate of drug-likeness (QED) is 0.632. The molecule has 0 radical (unpaired) electrons. The van der Waals surface area contributed by atoms with Crippen molar-refractivity contribution in [2.75, 3.05) is 44.3 Å². The zero-order valence-corrected chi connectivity index (χ0v) is 18.2. The summed E-state index contributed by atoms with van der Waals surface area (Å²) in [5.41, 5.74) is 2.75. The van der Waals surface area contributed by atoms with Crippen LogP contribution in [0.25, 0.3) is 11.1 Å². The van der Waals surface area contributed by atoms with Crippen LogP contribution in [0, 0.1) is 5.92 Å². The molecule has 4 rings (SSSR count). The van der Waals surface area contributed by atoms with Crippen molar-refractivity contribution in [3.63, 3.8) is 0 Å². The molecule has 7 heteroatoms. The third-order valence-corrected chi connectivity index (χ3v) is 5.98. The highest BCUT2D eigenvalue weighted by atomic mass is 16.5. The molecule has 3 heterocycles. The van der Waals surface area contributed by atoms with Crippen molar-refractivity contribution in [2.24, 2.45) is 5.92 Å². The van der Waals surface area contributed by atoms with Gasteiger partial charge >= 0.3 is 0 Å². The average Bonchev–Trinajstić information content (AvgIpc) is 3.51. The van der Waals surface area contributed by atoms with Crippen LogP contribution in [0.15, 0.2) is 24.7 Å². The number of rotatable bonds is 9. The highest BCUT2D eigenvalue weighted by Gasteiger charge is 2.26. The van der Waals surface area contributed by atoms with Gasteiger partial charge in [-0.2, -0.15) is 0 Å². The molecule has 30 heavy (non-hydrogen) atoms. The summed E-state index contributed by atoms with van der Waals surface area (Å²) in [6.07, 6.45) is 10.5. The number of carbonyl (C=O) groups is 1. The number of ether oxygens (including phenoxy) is 1. The number of nitrogens with zero attached hydrogens (tertiary/aromatic N) is 5. The Morgan fingerprint density at radius 1 is 1.17 bits per heavy atom. The first-order chi connectivity index (χ1) is 14.7. The zero-order valence-electron chi connectivity index (χ0n) is 18.2. The highest BCUT2D eigenvalue weighted by molar-refractivity contribution is 5.94. The molecule has 0 N–H and O–H groups in total. The number of unbranched alkanes of at least 4 members (excludes halogenated alkanes) is 1. The van der Waals surface area contributed by atoms with Crippen LogP contribution in [0.5, 0.6) is 0 Å². The third kappa shape index (κ3) is 4.83. The average molecular weight is 412 g/mol. The Labute approximate surface area is 179 Å². The summed E-state index contributed by atoms with van der Waals surface area (Å²) in [6, 6.07) is 2.02. The number of aromatic nitrogens is 3. The second kappa shape index (κ2) is 9.60. The number of amides is 1. The fourth-order valence-electron chi connectivity index (χ4n) is 3.89. The normalized spacial score (nSPS) is 16.7. The fourth-order valence-corrected chi connectivity index (χ4v) is 3.89. The van der Waals surface area contributed by atoms with Gasteiger partial charge in [0.05, 0.1) is 13.2 Å². The Balaban J connectivity index is 1.56. The van der Waals surface area contributed by atoms with Gasteiger partial charge in [-0.1, -0.05) is 13.3 Å². The number of morpholine rings is 1. The van der Waals surface area contributed by atoms with Gasteiger partial charge in [0.1, 0.15) is 5.69 Å². The summed E-state index contributed by atoms with van der Waals surface area (Å²) in [6.45, 7) is 9.75. The second-order valence-corrected chi connectivity index (χ2v) is 8.32. The molecule has 2 fully saturated rings. The lowest BCUT2D eigenvalue weighted by Crippen LogP contribution is -2.37. The second-order valence-electron chi connectivity index (χ2n) is 8.32. The zero-order chi connectivity index (χ0) is 20.9. The van der Waals surface area contributed by atoms with Gasteiger partial charge in [0, 0.05) is 62.4 Å². The first-order valence-corrected chi connectivity index (χ1v) is 11.3. The first kappa shape index (κ1) is 20.8. The SMILES string of the molecule is CCCCN(CC)C(=O)c1cc(-c2cnc(N3CCOCC3)nc2)cn1CC1CC1. The smallest absolute Gasteiger partial charge is 0.270 e. The van der Waals surface area contributed by atoms with Crippen molar-refractivity contribution < 1.29 is 9.53 Å². The van der Waals surface area contributed by atoms with Crippen molar-refractivity contribution in [1.82, 2.24) is 19.4 Å². The van der Waals surface area contributed by atoms with Crippen LogP contribution in [0.1, 0.15) is 50.0 Å². The van der Waals surface area contributed by atoms with Crippen LogP contribution in [-0.4, -0.2) is 64.7 Å². The Bertz CT molecular complexity index is 838. The molecule has 0 unspecified atom stereocenters. The van der Waals surface area contributed by atoms with Crippen LogP contribution in [0.2, 0.25) is 0 Å². The molecule has 1 amide bonds. The molecule has 7 nitrogen and oxygen atoms in total. The van der Waals surface area contributed by atoms with E-state index in [-0.39, 0.29) is 5.91 Å². The standard InChI is InChI=1S/C23H33N5O2/c1-3-5-8-26(4-2)22(29)21-13-19(17-28(21)16-18-6-7-18)20-14-24-23(25-15-20)27-9-11-30-12-10-27/h13-15,17-18H,3-12,16H2,1-2H3. The van der Waals surface area contributed by atoms with E-state index in [4.69, 9.17) is 4.74 Å². The van der Waals surface area contributed by atoms with E-state index in [1.54, 1.807) is 0 Å². The molecule has 0 spiro atoms. The summed E-state index contributed by atoms with van der Waals surface area (Å²) in [7, 11) is 0. The molecular formula is C23H33N5O2. The topological polar surface area (TPSA) is 63.5 Å². The fraction of sp³-hybridized carbons (Fsp3) is 0.609. The van der Waals surface area contributed by atoms with E-state index in [1.807, 2.05) is 23.4 Å². The molecule has 1 aliphatic carbocycles. The first-order valence-electron chi connectivity index (χ1n) is 11.3. The van der Waals surface area contributed by atoms with E-state index in [2.05, 4.69) is 39.5 Å². The van der Waals surface area contributed by atoms with E-state index in [1.165, 1.54) is 12.8 Å². The van der Waals surface area contributed by atoms with Crippen LogP contribution in [-0.2, 0) is 11.3 Å². The Morgan fingerprint density at radius 3 is 2.53 bits per heavy atom. The molecule has 2 aromatic heterocycles. The van der Waals surface area contributed by atoms with Crippen LogP contribution < -0.4 is 4.90 Å². The Hall–Kier alpha value is -2.41. The lowest BCUT2D eigenvalue weighted by atomic mass is 10.2. The highest BCUT2D eigenvalue weighted by Crippen LogP contribution is 2.33. The van der Waals surface area contributed by atoms with Gasteiger partial charge in [-0.15, -0.1) is 0 Å². The molecule has 0 aromatic carbocycles. The summed E-state index contributed by atoms with van der Waals surface area (Å²) < 4.78 is 7.56. The van der Waals surface area contributed by atoms with Crippen LogP contribution in [0.3, 0.4) is 0 Å². The van der Waals surface area contributed by atoms with Crippen LogP contribution in [0.4, 0.5) is 5.95 Å². The minimum absolute atomic E-state index is 0.128. The maximum absolute atomic E-state index is 13.3. The maximum Gasteiger partial charge on any atom is 0.270 e. The lowest BCUT2D eigenvalue weighted by molar-refractivity contribution is 0.0751. The molecule has 1 saturated carbocycles. The van der Waals surface area contributed by atoms with Gasteiger partial charge in [0.25, 0.3) is 5.91 Å². The van der Waals surface area contributed by atoms with Gasteiger partial charge < -0.3 is 19.1 Å². The monoisotopic (exact) mass is 411 g/mol. The maximum atomic E-state index is 13.3. The summed E-state index contributed by atoms with van der Waals surface area (Å²) in [5.74, 6) is 1.57. The molecule has 1 aliphatic heterocycles. The third-order valence-electron chi connectivity index (χ3n) is 5.98. The Kier molecular flexibility index (Phi) is 6.67. The number of hydrogen-bond donors (Lipinski definition) is 0. The molecule has 0 bridgehead atoms. The van der Waals surface area contributed by atoms with Crippen molar-refractivity contribution in [1.29, 1.82) is 0 Å². The summed E-state index contributed by atoms with van der Waals surface area (Å²) in [5, 5.41) is 0. The van der Waals surface area contributed by atoms with E-state index >= 15 is 0 Å². The largest absolute Gasteiger partial charge is 0.378 e. The molecular weight excluding hydrogens is 378 g/mol. The predicted octanol–water partition coefficient (Wildman–Crippen LogP) is 3.45. The van der Waals surface area contributed by atoms with Crippen molar-refractivity contribution in [3.05, 3.63) is 30.4 Å².